The van der Waals surface area contributed by atoms with Crippen molar-refractivity contribution in [2.75, 3.05) is 17.5 Å². The highest BCUT2D eigenvalue weighted by Crippen LogP contribution is 2.17. The molecule has 7 heteroatoms. The Morgan fingerprint density at radius 3 is 2.63 bits per heavy atom. The summed E-state index contributed by atoms with van der Waals surface area (Å²) < 4.78 is 24.7. The molecule has 1 aromatic rings. The van der Waals surface area contributed by atoms with Crippen molar-refractivity contribution in [1.82, 2.24) is 10.6 Å². The van der Waals surface area contributed by atoms with Crippen LogP contribution in [0.2, 0.25) is 0 Å². The van der Waals surface area contributed by atoms with Gasteiger partial charge in [-0.1, -0.05) is 12.1 Å². The van der Waals surface area contributed by atoms with Gasteiger partial charge in [-0.05, 0) is 31.5 Å². The van der Waals surface area contributed by atoms with Crippen LogP contribution in [0.15, 0.2) is 24.3 Å². The molecule has 0 saturated heterocycles. The second-order valence-electron chi connectivity index (χ2n) is 4.23. The Hall–Kier alpha value is -1.76. The number of nitrogens with one attached hydrogen (secondary N) is 3. The number of carbonyl (C=O) groups excluding carboxylic acids is 1. The van der Waals surface area contributed by atoms with E-state index in [4.69, 9.17) is 0 Å². The van der Waals surface area contributed by atoms with E-state index >= 15 is 0 Å². The molecule has 1 aromatic carbocycles. The topological polar surface area (TPSA) is 87.3 Å². The van der Waals surface area contributed by atoms with Gasteiger partial charge in [-0.3, -0.25) is 4.72 Å². The summed E-state index contributed by atoms with van der Waals surface area (Å²) in [7, 11) is -3.30. The quantitative estimate of drug-likeness (QED) is 0.765. The van der Waals surface area contributed by atoms with Gasteiger partial charge in [0.1, 0.15) is 0 Å². The van der Waals surface area contributed by atoms with E-state index in [-0.39, 0.29) is 12.1 Å². The molecule has 0 heterocycles. The maximum Gasteiger partial charge on any atom is 0.315 e. The molecule has 0 aliphatic carbocycles. The summed E-state index contributed by atoms with van der Waals surface area (Å²) in [5, 5.41) is 5.40. The van der Waals surface area contributed by atoms with E-state index in [1.165, 1.54) is 0 Å². The molecule has 0 aromatic heterocycles. The van der Waals surface area contributed by atoms with E-state index in [0.29, 0.717) is 12.2 Å². The summed E-state index contributed by atoms with van der Waals surface area (Å²) in [6, 6.07) is 6.44. The average Bonchev–Trinajstić information content (AvgIpc) is 2.27. The van der Waals surface area contributed by atoms with Crippen LogP contribution in [-0.2, 0) is 10.0 Å². The molecule has 3 N–H and O–H groups in total. The lowest BCUT2D eigenvalue weighted by Crippen LogP contribution is -2.36. The van der Waals surface area contributed by atoms with E-state index in [9.17, 15) is 13.2 Å². The van der Waals surface area contributed by atoms with Gasteiger partial charge in [0.2, 0.25) is 10.0 Å². The maximum absolute atomic E-state index is 11.4. The summed E-state index contributed by atoms with van der Waals surface area (Å²) in [6.45, 7) is 4.21. The molecule has 106 valence electrons. The molecule has 6 nitrogen and oxygen atoms in total. The molecule has 1 atom stereocenters. The van der Waals surface area contributed by atoms with Crippen LogP contribution in [0, 0.1) is 0 Å². The number of urea groups is 1. The number of hydrogen-bond acceptors (Lipinski definition) is 3. The minimum atomic E-state index is -3.30. The summed E-state index contributed by atoms with van der Waals surface area (Å²) >= 11 is 0. The third kappa shape index (κ3) is 5.60. The third-order valence-corrected chi connectivity index (χ3v) is 2.98. The van der Waals surface area contributed by atoms with Crippen molar-refractivity contribution in [3.63, 3.8) is 0 Å². The molecule has 0 radical (unpaired) electrons. The predicted molar refractivity (Wildman–Crippen MR) is 75.5 cm³/mol. The van der Waals surface area contributed by atoms with Gasteiger partial charge >= 0.3 is 6.03 Å². The normalized spacial score (nSPS) is 12.6. The van der Waals surface area contributed by atoms with Crippen LogP contribution in [0.3, 0.4) is 0 Å². The molecule has 0 saturated carbocycles. The SMILES string of the molecule is CCNC(=O)N[C@@H](C)c1cccc(NS(C)(=O)=O)c1. The van der Waals surface area contributed by atoms with Crippen LogP contribution in [0.4, 0.5) is 10.5 Å². The number of anilines is 1. The summed E-state index contributed by atoms with van der Waals surface area (Å²) in [6.07, 6.45) is 1.09. The van der Waals surface area contributed by atoms with E-state index in [1.54, 1.807) is 18.2 Å². The first kappa shape index (κ1) is 15.3. The van der Waals surface area contributed by atoms with Crippen LogP contribution >= 0.6 is 0 Å². The number of sulfonamides is 1. The highest BCUT2D eigenvalue weighted by molar-refractivity contribution is 7.92. The van der Waals surface area contributed by atoms with Gasteiger partial charge in [0, 0.05) is 12.2 Å². The molecule has 0 aliphatic rings. The van der Waals surface area contributed by atoms with Crippen LogP contribution < -0.4 is 15.4 Å². The Morgan fingerprint density at radius 1 is 1.37 bits per heavy atom. The first-order valence-electron chi connectivity index (χ1n) is 5.94. The van der Waals surface area contributed by atoms with Gasteiger partial charge in [-0.15, -0.1) is 0 Å². The highest BCUT2D eigenvalue weighted by Gasteiger charge is 2.10. The van der Waals surface area contributed by atoms with Crippen molar-refractivity contribution < 1.29 is 13.2 Å². The van der Waals surface area contributed by atoms with E-state index in [2.05, 4.69) is 15.4 Å². The molecule has 0 unspecified atom stereocenters. The lowest BCUT2D eigenvalue weighted by molar-refractivity contribution is 0.238. The minimum Gasteiger partial charge on any atom is -0.338 e. The molecule has 19 heavy (non-hydrogen) atoms. The highest BCUT2D eigenvalue weighted by atomic mass is 32.2. The Bertz CT molecular complexity index is 543. The smallest absolute Gasteiger partial charge is 0.315 e. The minimum absolute atomic E-state index is 0.215. The van der Waals surface area contributed by atoms with Crippen LogP contribution in [0.1, 0.15) is 25.5 Å². The fourth-order valence-electron chi connectivity index (χ4n) is 1.58. The summed E-state index contributed by atoms with van der Waals surface area (Å²) in [5.41, 5.74) is 1.30. The molecule has 0 bridgehead atoms. The molecule has 0 aliphatic heterocycles. The van der Waals surface area contributed by atoms with Gasteiger partial charge < -0.3 is 10.6 Å². The monoisotopic (exact) mass is 285 g/mol. The Morgan fingerprint density at radius 2 is 2.05 bits per heavy atom. The Labute approximate surface area is 113 Å². The summed E-state index contributed by atoms with van der Waals surface area (Å²) in [5.74, 6) is 0. The van der Waals surface area contributed by atoms with E-state index < -0.39 is 10.0 Å². The molecular weight excluding hydrogens is 266 g/mol. The van der Waals surface area contributed by atoms with Crippen molar-refractivity contribution in [2.24, 2.45) is 0 Å². The molecule has 2 amide bonds. The number of benzene rings is 1. The third-order valence-electron chi connectivity index (χ3n) is 2.37. The van der Waals surface area contributed by atoms with E-state index in [0.717, 1.165) is 11.8 Å². The van der Waals surface area contributed by atoms with Crippen molar-refractivity contribution >= 4 is 21.7 Å². The zero-order chi connectivity index (χ0) is 14.5. The van der Waals surface area contributed by atoms with Crippen LogP contribution in [-0.4, -0.2) is 27.2 Å². The van der Waals surface area contributed by atoms with Gasteiger partial charge in [0.05, 0.1) is 12.3 Å². The first-order chi connectivity index (χ1) is 8.81. The average molecular weight is 285 g/mol. The fourth-order valence-corrected chi connectivity index (χ4v) is 2.13. The second kappa shape index (κ2) is 6.42. The zero-order valence-corrected chi connectivity index (χ0v) is 12.0. The zero-order valence-electron chi connectivity index (χ0n) is 11.2. The molecule has 0 fully saturated rings. The fraction of sp³-hybridized carbons (Fsp3) is 0.417. The standard InChI is InChI=1S/C12H19N3O3S/c1-4-13-12(16)14-9(2)10-6-5-7-11(8-10)15-19(3,17)18/h5-9,15H,4H2,1-3H3,(H2,13,14,16)/t9-/m0/s1. The van der Waals surface area contributed by atoms with Gasteiger partial charge in [0.15, 0.2) is 0 Å². The predicted octanol–water partition coefficient (Wildman–Crippen LogP) is 1.44. The van der Waals surface area contributed by atoms with Gasteiger partial charge in [0.25, 0.3) is 0 Å². The Balaban J connectivity index is 2.78. The Kier molecular flexibility index (Phi) is 5.17. The lowest BCUT2D eigenvalue weighted by Gasteiger charge is -2.15. The molecule has 0 spiro atoms. The molecule has 1 rings (SSSR count). The van der Waals surface area contributed by atoms with Crippen molar-refractivity contribution in [3.8, 4) is 0 Å². The number of rotatable bonds is 5. The first-order valence-corrected chi connectivity index (χ1v) is 7.83. The lowest BCUT2D eigenvalue weighted by atomic mass is 10.1. The second-order valence-corrected chi connectivity index (χ2v) is 5.97. The van der Waals surface area contributed by atoms with Crippen molar-refractivity contribution in [3.05, 3.63) is 29.8 Å². The molecular formula is C12H19N3O3S. The van der Waals surface area contributed by atoms with Crippen molar-refractivity contribution in [2.45, 2.75) is 19.9 Å². The maximum atomic E-state index is 11.4. The number of carbonyl (C=O) groups is 1. The van der Waals surface area contributed by atoms with Crippen molar-refractivity contribution in [1.29, 1.82) is 0 Å². The van der Waals surface area contributed by atoms with Gasteiger partial charge in [-0.25, -0.2) is 13.2 Å². The largest absolute Gasteiger partial charge is 0.338 e. The summed E-state index contributed by atoms with van der Waals surface area (Å²) in [4.78, 5) is 11.4. The van der Waals surface area contributed by atoms with Crippen LogP contribution in [0.25, 0.3) is 0 Å². The van der Waals surface area contributed by atoms with Gasteiger partial charge in [-0.2, -0.15) is 0 Å². The number of hydrogen-bond donors (Lipinski definition) is 3. The van der Waals surface area contributed by atoms with Crippen LogP contribution in [0.5, 0.6) is 0 Å². The number of amides is 2. The van der Waals surface area contributed by atoms with E-state index in [1.807, 2.05) is 19.9 Å².